The maximum absolute atomic E-state index is 14.1. The summed E-state index contributed by atoms with van der Waals surface area (Å²) in [7, 11) is -10.7. The average molecular weight is 1410 g/mol. The number of hydrogen-bond donors (Lipinski definition) is 14. The Morgan fingerprint density at radius 3 is 1.16 bits per heavy atom. The lowest BCUT2D eigenvalue weighted by Crippen LogP contribution is -2.68. The van der Waals surface area contributed by atoms with Crippen molar-refractivity contribution in [1.29, 1.82) is 0 Å². The Kier molecular flexibility index (Phi) is 50.2. The molecule has 0 bridgehead atoms. The first-order chi connectivity index (χ1) is 45.4. The van der Waals surface area contributed by atoms with E-state index in [0.717, 1.165) is 148 Å². The molecule has 25 nitrogen and oxygen atoms in total. The van der Waals surface area contributed by atoms with E-state index in [-0.39, 0.29) is 25.7 Å². The lowest BCUT2D eigenvalue weighted by atomic mass is 9.95. The molecule has 558 valence electrons. The number of amides is 2. The van der Waals surface area contributed by atoms with Crippen LogP contribution in [0.1, 0.15) is 297 Å². The van der Waals surface area contributed by atoms with E-state index in [2.05, 4.69) is 44.4 Å². The predicted octanol–water partition coefficient (Wildman–Crippen LogP) is 9.77. The second-order valence-electron chi connectivity index (χ2n) is 26.4. The largest absolute Gasteiger partial charge is 0.570 e. The van der Waals surface area contributed by atoms with E-state index >= 15 is 0 Å². The molecule has 95 heavy (non-hydrogen) atoms. The van der Waals surface area contributed by atoms with Crippen LogP contribution in [0.3, 0.4) is 0 Å². The Balaban J connectivity index is 2.55. The summed E-state index contributed by atoms with van der Waals surface area (Å²) in [6.07, 6.45) is 15.8. The van der Waals surface area contributed by atoms with Crippen LogP contribution in [0.4, 0.5) is 0 Å². The zero-order valence-electron chi connectivity index (χ0n) is 58.1. The minimum Gasteiger partial charge on any atom is -0.457 e. The molecule has 0 aliphatic carbocycles. The van der Waals surface area contributed by atoms with Crippen LogP contribution < -0.4 is 10.6 Å². The number of hydrogen-bond acceptors (Lipinski definition) is 23. The standard InChI is InChI=1S/C68H128N2O23P2/c1-5-9-13-17-21-25-29-33-37-41-51(72)45-57(76)69-61-65(90-59(78)47-53(74)43-39-35-31-27-23-19-15-11-7-3)63(80)56(89-68(61)93-95(84,85)86)50-87-67-62(70-58(77)46-52(73)42-38-34-30-26-22-18-14-10-6-2)66(64(55(49-71)88-67)92-94(81,82)83)91-60(79)48-54(75)44-40-36-32-28-24-20-16-12-8-4/h26,30,51-56,61-68,71-75,80-86H,5-25,27-29,31-50H2,1-4H3/p+2/b30-26-/t51?,52?,53?,54?,55?,56?,61?,62?,63-,64-,65-,66-,67-,68-/m1/s1. The second-order valence-corrected chi connectivity index (χ2v) is 28.9. The van der Waals surface area contributed by atoms with Gasteiger partial charge in [-0.05, 0) is 51.4 Å². The van der Waals surface area contributed by atoms with Gasteiger partial charge in [-0.3, -0.25) is 19.2 Å². The molecule has 0 aromatic rings. The van der Waals surface area contributed by atoms with Crippen LogP contribution >= 0.6 is 16.3 Å². The van der Waals surface area contributed by atoms with E-state index in [0.29, 0.717) is 32.1 Å². The lowest BCUT2D eigenvalue weighted by molar-refractivity contribution is -0.297. The number of carbonyl (C=O) groups is 4. The van der Waals surface area contributed by atoms with Gasteiger partial charge in [-0.15, -0.1) is 9.05 Å². The van der Waals surface area contributed by atoms with E-state index < -0.39 is 165 Å². The van der Waals surface area contributed by atoms with Crippen LogP contribution in [0.5, 0.6) is 0 Å². The second kappa shape index (κ2) is 53.6. The summed E-state index contributed by atoms with van der Waals surface area (Å²) in [5, 5.41) is 72.3. The van der Waals surface area contributed by atoms with Crippen LogP contribution in [0, 0.1) is 0 Å². The van der Waals surface area contributed by atoms with Gasteiger partial charge in [0.15, 0.2) is 24.6 Å². The Labute approximate surface area is 568 Å². The van der Waals surface area contributed by atoms with E-state index in [1.807, 2.05) is 6.08 Å². The number of aliphatic hydroxyl groups is 6. The summed E-state index contributed by atoms with van der Waals surface area (Å²) in [6.45, 7) is 6.60. The highest BCUT2D eigenvalue weighted by atomic mass is 31.2. The normalized spacial score (nSPS) is 23.1. The summed E-state index contributed by atoms with van der Waals surface area (Å²) in [4.78, 5) is 118. The first-order valence-corrected chi connectivity index (χ1v) is 39.7. The third kappa shape index (κ3) is 43.3. The molecule has 14 atom stereocenters. The van der Waals surface area contributed by atoms with Gasteiger partial charge < -0.3 is 65.0 Å². The number of ether oxygens (including phenoxy) is 5. The van der Waals surface area contributed by atoms with Crippen molar-refractivity contribution in [2.24, 2.45) is 0 Å². The fourth-order valence-electron chi connectivity index (χ4n) is 12.1. The number of nitrogens with one attached hydrogen (secondary N) is 2. The monoisotopic (exact) mass is 1400 g/mol. The van der Waals surface area contributed by atoms with Gasteiger partial charge in [-0.25, -0.2) is 0 Å². The van der Waals surface area contributed by atoms with Crippen LogP contribution in [-0.2, 0) is 51.9 Å². The Morgan fingerprint density at radius 1 is 0.421 bits per heavy atom. The minimum atomic E-state index is -5.36. The van der Waals surface area contributed by atoms with Gasteiger partial charge in [0.25, 0.3) is 0 Å². The highest BCUT2D eigenvalue weighted by Crippen LogP contribution is 2.51. The van der Waals surface area contributed by atoms with Gasteiger partial charge in [-0.1, -0.05) is 232 Å². The van der Waals surface area contributed by atoms with Crippen LogP contribution in [0.15, 0.2) is 12.2 Å². The maximum Gasteiger partial charge on any atom is 0.570 e. The molecule has 2 fully saturated rings. The van der Waals surface area contributed by atoms with Crippen molar-refractivity contribution in [3.63, 3.8) is 0 Å². The highest BCUT2D eigenvalue weighted by molar-refractivity contribution is 7.53. The number of rotatable bonds is 59. The number of carbonyl (C=O) groups excluding carboxylic acids is 4. The first kappa shape index (κ1) is 88.9. The molecule has 2 amide bonds. The Bertz CT molecular complexity index is 1990. The molecule has 0 spiro atoms. The average Bonchev–Trinajstić information content (AvgIpc) is 0.788. The minimum absolute atomic E-state index is 0.180. The Hall–Kier alpha value is -2.20. The van der Waals surface area contributed by atoms with Crippen LogP contribution in [-0.4, -0.2) is 183 Å². The number of esters is 2. The van der Waals surface area contributed by atoms with Gasteiger partial charge in [0.2, 0.25) is 18.1 Å². The molecule has 2 heterocycles. The first-order valence-electron chi connectivity index (χ1n) is 36.5. The molecule has 0 saturated carbocycles. The molecule has 14 N–H and O–H groups in total. The van der Waals surface area contributed by atoms with Crippen molar-refractivity contribution in [1.82, 2.24) is 10.6 Å². The zero-order valence-corrected chi connectivity index (χ0v) is 59.9. The summed E-state index contributed by atoms with van der Waals surface area (Å²) in [6, 6.07) is -3.68. The number of aliphatic hydroxyl groups excluding tert-OH is 6. The van der Waals surface area contributed by atoms with Crippen molar-refractivity contribution in [3.05, 3.63) is 12.2 Å². The molecular weight excluding hydrogens is 1270 g/mol. The van der Waals surface area contributed by atoms with Crippen molar-refractivity contribution in [2.45, 2.75) is 383 Å². The van der Waals surface area contributed by atoms with Gasteiger partial charge in [0, 0.05) is 0 Å². The molecule has 27 heteroatoms. The summed E-state index contributed by atoms with van der Waals surface area (Å²) in [5.41, 5.74) is 0. The molecule has 0 aromatic heterocycles. The predicted molar refractivity (Wildman–Crippen MR) is 363 cm³/mol. The van der Waals surface area contributed by atoms with E-state index in [9.17, 15) is 79.2 Å². The Morgan fingerprint density at radius 2 is 0.758 bits per heavy atom. The summed E-state index contributed by atoms with van der Waals surface area (Å²) < 4.78 is 40.4. The van der Waals surface area contributed by atoms with E-state index in [1.54, 1.807) is 0 Å². The fourth-order valence-corrected chi connectivity index (χ4v) is 13.2. The van der Waals surface area contributed by atoms with Gasteiger partial charge in [-0.2, -0.15) is 29.4 Å². The summed E-state index contributed by atoms with van der Waals surface area (Å²) in [5.74, 6) is -3.95. The van der Waals surface area contributed by atoms with Crippen molar-refractivity contribution in [3.8, 4) is 0 Å². The van der Waals surface area contributed by atoms with Crippen molar-refractivity contribution >= 4 is 40.1 Å². The highest BCUT2D eigenvalue weighted by Gasteiger charge is 2.58. The third-order valence-corrected chi connectivity index (χ3v) is 18.5. The number of unbranched alkanes of at least 4 members (excludes halogenated alkanes) is 29. The van der Waals surface area contributed by atoms with E-state index in [1.165, 1.54) is 38.5 Å². The molecule has 2 saturated heterocycles. The third-order valence-electron chi connectivity index (χ3n) is 17.5. The maximum atomic E-state index is 14.1. The van der Waals surface area contributed by atoms with Gasteiger partial charge in [0.05, 0.1) is 63.3 Å². The van der Waals surface area contributed by atoms with Crippen molar-refractivity contribution < 1.29 is 112 Å². The van der Waals surface area contributed by atoms with Crippen molar-refractivity contribution in [2.75, 3.05) is 13.2 Å². The van der Waals surface area contributed by atoms with Gasteiger partial charge in [0.1, 0.15) is 30.4 Å². The van der Waals surface area contributed by atoms with Crippen LogP contribution in [0.2, 0.25) is 0 Å². The molecule has 2 aliphatic rings. The van der Waals surface area contributed by atoms with Gasteiger partial charge >= 0.3 is 28.3 Å². The molecule has 0 aromatic carbocycles. The molecule has 8 unspecified atom stereocenters. The lowest BCUT2D eigenvalue weighted by Gasteiger charge is -2.46. The molecule has 0 radical (unpaired) electrons. The SMILES string of the molecule is CCCCCC/C=C\CCCC(O)CC(=O)NC1[C@H](OCC2O[C@H](O[P+](O)(O)O)C(NC(=O)CC(O)CCCCCCCCCCC)[C@@H](OC(=O)CC(O)CCCCCCCCCCC)[C@@H]2O)OC(CO)[C@@H](O[P+](O)(O)O)[C@@H]1OC(=O)CC(O)CCCCCCCCCCC. The molecule has 2 rings (SSSR count). The molecular formula is C68H130N2O23P2+2. The fraction of sp³-hybridized carbons (Fsp3) is 0.912. The smallest absolute Gasteiger partial charge is 0.457 e. The number of allylic oxidation sites excluding steroid dienone is 2. The quantitative estimate of drug-likeness (QED) is 0.0116. The van der Waals surface area contributed by atoms with E-state index in [4.69, 9.17) is 32.7 Å². The van der Waals surface area contributed by atoms with Crippen LogP contribution in [0.25, 0.3) is 0 Å². The summed E-state index contributed by atoms with van der Waals surface area (Å²) >= 11 is 0. The topological polar surface area (TPSA) is 400 Å². The molecule has 2 aliphatic heterocycles. The zero-order chi connectivity index (χ0) is 70.3.